The zero-order valence-electron chi connectivity index (χ0n) is 30.1. The van der Waals surface area contributed by atoms with Gasteiger partial charge in [0.2, 0.25) is 0 Å². The van der Waals surface area contributed by atoms with Gasteiger partial charge in [0.05, 0.1) is 165 Å². The van der Waals surface area contributed by atoms with Gasteiger partial charge >= 0.3 is 0 Å². The van der Waals surface area contributed by atoms with Gasteiger partial charge in [-0.05, 0) is 18.1 Å². The molecule has 0 unspecified atom stereocenters. The molecule has 0 aromatic rings. The smallest absolute Gasteiger partial charge is 0.192 e. The van der Waals surface area contributed by atoms with E-state index in [0.717, 1.165) is 0 Å². The Kier molecular flexibility index (Phi) is 35.2. The standard InChI is InChI=1S/C32H67FO13Si/c1-32(2,3)47(4,5)46-31-30-45-29-28-44-27-26-43-25-24-42-23-22-41-21-20-40-19-18-39-17-16-38-15-14-37-13-12-36-11-10-35-9-8-34-7-6-33/h6-31H2,1-5H3. The predicted octanol–water partition coefficient (Wildman–Crippen LogP) is 3.18. The van der Waals surface area contributed by atoms with Crippen LogP contribution in [0.4, 0.5) is 4.39 Å². The van der Waals surface area contributed by atoms with Crippen LogP contribution in [0.3, 0.4) is 0 Å². The molecule has 0 atom stereocenters. The van der Waals surface area contributed by atoms with Gasteiger partial charge in [0.15, 0.2) is 8.32 Å². The van der Waals surface area contributed by atoms with Crippen LogP contribution in [0.25, 0.3) is 0 Å². The Labute approximate surface area is 284 Å². The molecule has 0 N–H and O–H groups in total. The van der Waals surface area contributed by atoms with E-state index in [1.165, 1.54) is 0 Å². The molecule has 0 aliphatic rings. The molecule has 0 aliphatic heterocycles. The van der Waals surface area contributed by atoms with Gasteiger partial charge in [-0.1, -0.05) is 20.8 Å². The van der Waals surface area contributed by atoms with E-state index in [2.05, 4.69) is 33.9 Å². The second-order valence-corrected chi connectivity index (χ2v) is 16.5. The lowest BCUT2D eigenvalue weighted by Gasteiger charge is -2.36. The first-order valence-electron chi connectivity index (χ1n) is 16.9. The van der Waals surface area contributed by atoms with Crippen LogP contribution in [0.2, 0.25) is 18.1 Å². The van der Waals surface area contributed by atoms with E-state index in [1.807, 2.05) is 0 Å². The van der Waals surface area contributed by atoms with Crippen molar-refractivity contribution in [3.63, 3.8) is 0 Å². The summed E-state index contributed by atoms with van der Waals surface area (Å²) in [5.41, 5.74) is 0. The molecule has 0 aromatic heterocycles. The summed E-state index contributed by atoms with van der Waals surface area (Å²) in [6.07, 6.45) is 0. The molecule has 0 saturated heterocycles. The van der Waals surface area contributed by atoms with Crippen LogP contribution in [0.1, 0.15) is 20.8 Å². The summed E-state index contributed by atoms with van der Waals surface area (Å²) < 4.78 is 82.9. The van der Waals surface area contributed by atoms with Gasteiger partial charge in [-0.15, -0.1) is 0 Å². The van der Waals surface area contributed by atoms with E-state index >= 15 is 0 Å². The summed E-state index contributed by atoms with van der Waals surface area (Å²) in [4.78, 5) is 0. The van der Waals surface area contributed by atoms with Crippen molar-refractivity contribution in [1.29, 1.82) is 0 Å². The molecule has 0 spiro atoms. The number of halogens is 1. The third-order valence-electron chi connectivity index (χ3n) is 6.81. The SMILES string of the molecule is CC(C)(C)[Si](C)(C)OCCOCCOCCOCCOCCOCCOCCOCCOCCOCCOCCOCCOCCF. The Bertz CT molecular complexity index is 618. The van der Waals surface area contributed by atoms with Crippen molar-refractivity contribution in [3.05, 3.63) is 0 Å². The van der Waals surface area contributed by atoms with Crippen LogP contribution >= 0.6 is 0 Å². The number of rotatable bonds is 39. The summed E-state index contributed by atoms with van der Waals surface area (Å²) in [6, 6.07) is 0. The normalized spacial score (nSPS) is 12.4. The summed E-state index contributed by atoms with van der Waals surface area (Å²) in [5.74, 6) is 0. The van der Waals surface area contributed by atoms with Gasteiger partial charge in [0.25, 0.3) is 0 Å². The summed E-state index contributed by atoms with van der Waals surface area (Å²) >= 11 is 0. The van der Waals surface area contributed by atoms with Gasteiger partial charge in [-0.25, -0.2) is 4.39 Å². The van der Waals surface area contributed by atoms with Crippen molar-refractivity contribution < 1.29 is 65.7 Å². The minimum absolute atomic E-state index is 0.113. The van der Waals surface area contributed by atoms with E-state index in [-0.39, 0.29) is 11.6 Å². The van der Waals surface area contributed by atoms with Crippen LogP contribution in [-0.2, 0) is 61.3 Å². The lowest BCUT2D eigenvalue weighted by Crippen LogP contribution is -2.41. The molecule has 284 valence electrons. The van der Waals surface area contributed by atoms with Crippen molar-refractivity contribution >= 4 is 8.32 Å². The quantitative estimate of drug-likeness (QED) is 0.0689. The van der Waals surface area contributed by atoms with Gasteiger partial charge in [-0.2, -0.15) is 0 Å². The molecule has 13 nitrogen and oxygen atoms in total. The maximum atomic E-state index is 11.8. The van der Waals surface area contributed by atoms with E-state index < -0.39 is 15.0 Å². The maximum Gasteiger partial charge on any atom is 0.192 e. The van der Waals surface area contributed by atoms with Gasteiger partial charge in [0, 0.05) is 0 Å². The second kappa shape index (κ2) is 35.5. The summed E-state index contributed by atoms with van der Waals surface area (Å²) in [5, 5.41) is 0.214. The van der Waals surface area contributed by atoms with Gasteiger partial charge < -0.3 is 61.3 Å². The lowest BCUT2D eigenvalue weighted by molar-refractivity contribution is -0.0286. The van der Waals surface area contributed by atoms with Crippen LogP contribution < -0.4 is 0 Å². The molecule has 0 radical (unpaired) electrons. The topological polar surface area (TPSA) is 120 Å². The Hall–Kier alpha value is -0.373. The minimum Gasteiger partial charge on any atom is -0.414 e. The molecule has 47 heavy (non-hydrogen) atoms. The van der Waals surface area contributed by atoms with E-state index in [4.69, 9.17) is 61.3 Å². The first-order valence-corrected chi connectivity index (χ1v) is 19.8. The third kappa shape index (κ3) is 35.3. The first-order chi connectivity index (χ1) is 22.8. The molecule has 0 fully saturated rings. The monoisotopic (exact) mass is 706 g/mol. The van der Waals surface area contributed by atoms with Crippen molar-refractivity contribution in [1.82, 2.24) is 0 Å². The Balaban J connectivity index is 3.11. The molecule has 15 heteroatoms. The fourth-order valence-corrected chi connectivity index (χ4v) is 4.17. The van der Waals surface area contributed by atoms with Crippen LogP contribution in [0.5, 0.6) is 0 Å². The molecule has 0 aromatic carbocycles. The Morgan fingerprint density at radius 2 is 0.489 bits per heavy atom. The van der Waals surface area contributed by atoms with Gasteiger partial charge in [0.1, 0.15) is 6.67 Å². The van der Waals surface area contributed by atoms with Gasteiger partial charge in [-0.3, -0.25) is 0 Å². The first kappa shape index (κ1) is 46.6. The summed E-state index contributed by atoms with van der Waals surface area (Å²) in [6.45, 7) is 23.0. The van der Waals surface area contributed by atoms with Crippen molar-refractivity contribution in [2.75, 3.05) is 172 Å². The fourth-order valence-electron chi connectivity index (χ4n) is 3.15. The highest BCUT2D eigenvalue weighted by Gasteiger charge is 2.36. The molecular weight excluding hydrogens is 639 g/mol. The van der Waals surface area contributed by atoms with Crippen LogP contribution in [0, 0.1) is 0 Å². The Morgan fingerprint density at radius 3 is 0.660 bits per heavy atom. The lowest BCUT2D eigenvalue weighted by atomic mass is 10.2. The highest BCUT2D eigenvalue weighted by Crippen LogP contribution is 2.36. The summed E-state index contributed by atoms with van der Waals surface area (Å²) in [7, 11) is -1.70. The zero-order valence-corrected chi connectivity index (χ0v) is 31.1. The average Bonchev–Trinajstić information content (AvgIpc) is 3.03. The molecule has 0 rings (SSSR count). The molecule has 0 aliphatic carbocycles. The predicted molar refractivity (Wildman–Crippen MR) is 179 cm³/mol. The largest absolute Gasteiger partial charge is 0.414 e. The maximum absolute atomic E-state index is 11.8. The highest BCUT2D eigenvalue weighted by atomic mass is 28.4. The fraction of sp³-hybridized carbons (Fsp3) is 1.00. The molecule has 0 heterocycles. The number of hydrogen-bond acceptors (Lipinski definition) is 13. The Morgan fingerprint density at radius 1 is 0.319 bits per heavy atom. The average molecular weight is 707 g/mol. The van der Waals surface area contributed by atoms with Crippen molar-refractivity contribution in [2.45, 2.75) is 38.9 Å². The van der Waals surface area contributed by atoms with Crippen LogP contribution in [0.15, 0.2) is 0 Å². The molecular formula is C32H67FO13Si. The van der Waals surface area contributed by atoms with E-state index in [9.17, 15) is 4.39 Å². The zero-order chi connectivity index (χ0) is 34.6. The van der Waals surface area contributed by atoms with E-state index in [1.54, 1.807) is 0 Å². The number of ether oxygens (including phenoxy) is 12. The highest BCUT2D eigenvalue weighted by molar-refractivity contribution is 6.74. The van der Waals surface area contributed by atoms with Crippen molar-refractivity contribution in [3.8, 4) is 0 Å². The number of hydrogen-bond donors (Lipinski definition) is 0. The van der Waals surface area contributed by atoms with E-state index in [0.29, 0.717) is 159 Å². The van der Waals surface area contributed by atoms with Crippen LogP contribution in [-0.4, -0.2) is 180 Å². The molecule has 0 bridgehead atoms. The second-order valence-electron chi connectivity index (χ2n) is 11.6. The molecule has 0 amide bonds. The third-order valence-corrected chi connectivity index (χ3v) is 11.3. The number of alkyl halides is 1. The molecule has 0 saturated carbocycles. The minimum atomic E-state index is -1.70. The van der Waals surface area contributed by atoms with Crippen molar-refractivity contribution in [2.24, 2.45) is 0 Å².